The molecule has 170 valence electrons. The summed E-state index contributed by atoms with van der Waals surface area (Å²) in [6.07, 6.45) is 1.78. The van der Waals surface area contributed by atoms with E-state index in [4.69, 9.17) is 4.74 Å². The Morgan fingerprint density at radius 2 is 1.94 bits per heavy atom. The molecule has 1 aromatic heterocycles. The number of piperidine rings is 1. The van der Waals surface area contributed by atoms with Crippen molar-refractivity contribution in [2.75, 3.05) is 38.7 Å². The SMILES string of the molecule is COc1ccc(-c2n[nH]c3c2C(=O)c2c(NC(=O)CN4CCC(CO)CC4)cccc2-3)cc1. The van der Waals surface area contributed by atoms with Crippen molar-refractivity contribution >= 4 is 17.4 Å². The summed E-state index contributed by atoms with van der Waals surface area (Å²) < 4.78 is 5.22. The average molecular weight is 447 g/mol. The summed E-state index contributed by atoms with van der Waals surface area (Å²) in [5.41, 5.74) is 4.32. The van der Waals surface area contributed by atoms with Crippen LogP contribution in [0.2, 0.25) is 0 Å². The fourth-order valence-electron chi connectivity index (χ4n) is 4.67. The predicted octanol–water partition coefficient (Wildman–Crippen LogP) is 2.94. The lowest BCUT2D eigenvalue weighted by Crippen LogP contribution is -2.39. The van der Waals surface area contributed by atoms with Crippen molar-refractivity contribution < 1.29 is 19.4 Å². The van der Waals surface area contributed by atoms with Crippen LogP contribution in [0.15, 0.2) is 42.5 Å². The number of nitrogens with zero attached hydrogens (tertiary/aromatic N) is 2. The molecule has 8 heteroatoms. The highest BCUT2D eigenvalue weighted by Gasteiger charge is 2.35. The summed E-state index contributed by atoms with van der Waals surface area (Å²) >= 11 is 0. The van der Waals surface area contributed by atoms with Gasteiger partial charge in [-0.15, -0.1) is 0 Å². The van der Waals surface area contributed by atoms with E-state index in [1.807, 2.05) is 36.4 Å². The minimum absolute atomic E-state index is 0.150. The van der Waals surface area contributed by atoms with Crippen molar-refractivity contribution in [3.05, 3.63) is 53.6 Å². The molecule has 0 spiro atoms. The van der Waals surface area contributed by atoms with Crippen LogP contribution in [0.1, 0.15) is 28.8 Å². The molecular weight excluding hydrogens is 420 g/mol. The lowest BCUT2D eigenvalue weighted by molar-refractivity contribution is -0.117. The van der Waals surface area contributed by atoms with Crippen LogP contribution in [0.25, 0.3) is 22.5 Å². The molecule has 5 rings (SSSR count). The fourth-order valence-corrected chi connectivity index (χ4v) is 4.67. The highest BCUT2D eigenvalue weighted by Crippen LogP contribution is 2.43. The Kier molecular flexibility index (Phi) is 5.70. The molecule has 2 aromatic carbocycles. The molecule has 0 unspecified atom stereocenters. The maximum Gasteiger partial charge on any atom is 0.238 e. The Labute approximate surface area is 191 Å². The number of hydrogen-bond acceptors (Lipinski definition) is 6. The van der Waals surface area contributed by atoms with Crippen LogP contribution in [0, 0.1) is 5.92 Å². The number of fused-ring (bicyclic) bond motifs is 3. The van der Waals surface area contributed by atoms with E-state index in [-0.39, 0.29) is 24.8 Å². The van der Waals surface area contributed by atoms with Gasteiger partial charge in [0.25, 0.3) is 0 Å². The Morgan fingerprint density at radius 3 is 2.64 bits per heavy atom. The van der Waals surface area contributed by atoms with Crippen LogP contribution in [0.3, 0.4) is 0 Å². The molecule has 1 aliphatic carbocycles. The van der Waals surface area contributed by atoms with Crippen LogP contribution in [0.4, 0.5) is 5.69 Å². The highest BCUT2D eigenvalue weighted by molar-refractivity contribution is 6.27. The van der Waals surface area contributed by atoms with Crippen molar-refractivity contribution in [1.29, 1.82) is 0 Å². The van der Waals surface area contributed by atoms with Crippen LogP contribution in [-0.4, -0.2) is 65.2 Å². The summed E-state index contributed by atoms with van der Waals surface area (Å²) in [5, 5.41) is 19.6. The van der Waals surface area contributed by atoms with Gasteiger partial charge in [-0.2, -0.15) is 5.10 Å². The second-order valence-corrected chi connectivity index (χ2v) is 8.56. The van der Waals surface area contributed by atoms with Crippen LogP contribution in [-0.2, 0) is 4.79 Å². The molecule has 3 N–H and O–H groups in total. The van der Waals surface area contributed by atoms with E-state index in [2.05, 4.69) is 20.4 Å². The number of H-pyrrole nitrogens is 1. The third-order valence-corrected chi connectivity index (χ3v) is 6.52. The molecule has 0 radical (unpaired) electrons. The number of rotatable bonds is 6. The van der Waals surface area contributed by atoms with Gasteiger partial charge in [0, 0.05) is 17.7 Å². The molecule has 1 saturated heterocycles. The predicted molar refractivity (Wildman–Crippen MR) is 124 cm³/mol. The molecule has 33 heavy (non-hydrogen) atoms. The minimum atomic E-state index is -0.153. The number of ether oxygens (including phenoxy) is 1. The monoisotopic (exact) mass is 446 g/mol. The first-order chi connectivity index (χ1) is 16.1. The second kappa shape index (κ2) is 8.80. The van der Waals surface area contributed by atoms with Crippen molar-refractivity contribution in [3.63, 3.8) is 0 Å². The number of amides is 1. The molecule has 1 aliphatic heterocycles. The number of likely N-dealkylation sites (tertiary alicyclic amines) is 1. The Bertz CT molecular complexity index is 1190. The molecule has 1 amide bonds. The van der Waals surface area contributed by atoms with Gasteiger partial charge in [-0.25, -0.2) is 0 Å². The number of hydrogen-bond donors (Lipinski definition) is 3. The van der Waals surface area contributed by atoms with Crippen molar-refractivity contribution in [2.24, 2.45) is 5.92 Å². The molecule has 0 saturated carbocycles. The van der Waals surface area contributed by atoms with Crippen molar-refractivity contribution in [1.82, 2.24) is 15.1 Å². The largest absolute Gasteiger partial charge is 0.497 e. The van der Waals surface area contributed by atoms with E-state index in [9.17, 15) is 14.7 Å². The zero-order valence-electron chi connectivity index (χ0n) is 18.4. The normalized spacial score (nSPS) is 15.9. The van der Waals surface area contributed by atoms with Crippen molar-refractivity contribution in [3.8, 4) is 28.3 Å². The Morgan fingerprint density at radius 1 is 1.18 bits per heavy atom. The smallest absolute Gasteiger partial charge is 0.238 e. The van der Waals surface area contributed by atoms with E-state index >= 15 is 0 Å². The lowest BCUT2D eigenvalue weighted by atomic mass is 9.98. The van der Waals surface area contributed by atoms with E-state index in [0.717, 1.165) is 42.8 Å². The van der Waals surface area contributed by atoms with Gasteiger partial charge in [0.1, 0.15) is 11.4 Å². The minimum Gasteiger partial charge on any atom is -0.497 e. The zero-order valence-corrected chi connectivity index (χ0v) is 18.4. The number of ketones is 1. The van der Waals surface area contributed by atoms with Crippen LogP contribution < -0.4 is 10.1 Å². The number of aromatic nitrogens is 2. The van der Waals surface area contributed by atoms with Gasteiger partial charge in [-0.3, -0.25) is 19.6 Å². The second-order valence-electron chi connectivity index (χ2n) is 8.56. The number of aliphatic hydroxyl groups is 1. The number of nitrogens with one attached hydrogen (secondary N) is 2. The maximum absolute atomic E-state index is 13.5. The standard InChI is InChI=1S/C25H26N4O4/c1-33-17-7-5-16(6-8-17)23-22-24(28-27-23)18-3-2-4-19(21(18)25(22)32)26-20(31)13-29-11-9-15(14-30)10-12-29/h2-8,15,30H,9-14H2,1H3,(H,26,31)(H,27,28). The Hall–Kier alpha value is -3.49. The molecular formula is C25H26N4O4. The topological polar surface area (TPSA) is 108 Å². The maximum atomic E-state index is 13.5. The van der Waals surface area contributed by atoms with Gasteiger partial charge in [-0.1, -0.05) is 12.1 Å². The summed E-state index contributed by atoms with van der Waals surface area (Å²) in [4.78, 5) is 28.3. The number of anilines is 1. The number of methoxy groups -OCH3 is 1. The molecule has 8 nitrogen and oxygen atoms in total. The first kappa shape index (κ1) is 21.4. The molecule has 3 aromatic rings. The van der Waals surface area contributed by atoms with Gasteiger partial charge in [0.05, 0.1) is 36.2 Å². The van der Waals surface area contributed by atoms with Crippen LogP contribution >= 0.6 is 0 Å². The fraction of sp³-hybridized carbons (Fsp3) is 0.320. The van der Waals surface area contributed by atoms with E-state index in [1.165, 1.54) is 0 Å². The molecule has 2 aliphatic rings. The van der Waals surface area contributed by atoms with Gasteiger partial charge >= 0.3 is 0 Å². The first-order valence-corrected chi connectivity index (χ1v) is 11.1. The highest BCUT2D eigenvalue weighted by atomic mass is 16.5. The zero-order chi connectivity index (χ0) is 22.9. The lowest BCUT2D eigenvalue weighted by Gasteiger charge is -2.30. The van der Waals surface area contributed by atoms with Gasteiger partial charge in [0.2, 0.25) is 5.91 Å². The number of aromatic amines is 1. The van der Waals surface area contributed by atoms with Gasteiger partial charge in [-0.05, 0) is 62.2 Å². The van der Waals surface area contributed by atoms with E-state index in [0.29, 0.717) is 34.1 Å². The van der Waals surface area contributed by atoms with Crippen molar-refractivity contribution in [2.45, 2.75) is 12.8 Å². The number of carbonyl (C=O) groups is 2. The Balaban J connectivity index is 1.36. The van der Waals surface area contributed by atoms with E-state index in [1.54, 1.807) is 13.2 Å². The number of carbonyl (C=O) groups excluding carboxylic acids is 2. The van der Waals surface area contributed by atoms with E-state index < -0.39 is 0 Å². The summed E-state index contributed by atoms with van der Waals surface area (Å²) in [6, 6.07) is 12.9. The molecule has 2 heterocycles. The third-order valence-electron chi connectivity index (χ3n) is 6.52. The molecule has 0 atom stereocenters. The summed E-state index contributed by atoms with van der Waals surface area (Å²) in [5.74, 6) is 0.745. The number of benzene rings is 2. The summed E-state index contributed by atoms with van der Waals surface area (Å²) in [6.45, 7) is 2.03. The third kappa shape index (κ3) is 3.92. The molecule has 1 fully saturated rings. The quantitative estimate of drug-likeness (QED) is 0.420. The first-order valence-electron chi connectivity index (χ1n) is 11.1. The number of aliphatic hydroxyl groups excluding tert-OH is 1. The molecule has 0 bridgehead atoms. The van der Waals surface area contributed by atoms with Gasteiger partial charge < -0.3 is 15.2 Å². The van der Waals surface area contributed by atoms with Crippen LogP contribution in [0.5, 0.6) is 5.75 Å². The van der Waals surface area contributed by atoms with Gasteiger partial charge in [0.15, 0.2) is 5.78 Å². The summed E-state index contributed by atoms with van der Waals surface area (Å²) in [7, 11) is 1.61. The average Bonchev–Trinajstić information content (AvgIpc) is 3.40.